The second-order valence-corrected chi connectivity index (χ2v) is 5.50. The first-order valence-electron chi connectivity index (χ1n) is 7.77. The van der Waals surface area contributed by atoms with Gasteiger partial charge < -0.3 is 10.4 Å². The number of aliphatic hydroxyl groups excluding tert-OH is 1. The molecule has 0 spiro atoms. The average molecular weight is 340 g/mol. The zero-order valence-electron chi connectivity index (χ0n) is 13.6. The molecule has 0 atom stereocenters. The van der Waals surface area contributed by atoms with Crippen molar-refractivity contribution in [2.75, 3.05) is 13.2 Å². The van der Waals surface area contributed by atoms with Crippen LogP contribution in [0.5, 0.6) is 0 Å². The Morgan fingerprint density at radius 1 is 1.24 bits per heavy atom. The summed E-state index contributed by atoms with van der Waals surface area (Å²) in [6.45, 7) is 1.90. The summed E-state index contributed by atoms with van der Waals surface area (Å²) >= 11 is 0. The van der Waals surface area contributed by atoms with Crippen molar-refractivity contribution in [3.63, 3.8) is 0 Å². The van der Waals surface area contributed by atoms with Gasteiger partial charge >= 0.3 is 0 Å². The van der Waals surface area contributed by atoms with Crippen LogP contribution in [0.25, 0.3) is 17.1 Å². The molecule has 0 radical (unpaired) electrons. The Labute approximate surface area is 144 Å². The third-order valence-corrected chi connectivity index (χ3v) is 3.56. The molecule has 2 aromatic carbocycles. The highest BCUT2D eigenvalue weighted by Gasteiger charge is 2.18. The molecule has 0 aliphatic heterocycles. The summed E-state index contributed by atoms with van der Waals surface area (Å²) in [4.78, 5) is 16.5. The number of nitrogens with one attached hydrogen (secondary N) is 1. The number of nitrogens with zero attached hydrogens (tertiary/aromatic N) is 3. The number of aromatic nitrogens is 3. The Balaban J connectivity index is 2.09. The topological polar surface area (TPSA) is 80.0 Å². The van der Waals surface area contributed by atoms with Crippen molar-refractivity contribution in [3.05, 3.63) is 65.7 Å². The van der Waals surface area contributed by atoms with Crippen LogP contribution in [0.2, 0.25) is 0 Å². The van der Waals surface area contributed by atoms with Crippen molar-refractivity contribution in [1.82, 2.24) is 20.1 Å². The van der Waals surface area contributed by atoms with Gasteiger partial charge in [-0.1, -0.05) is 23.8 Å². The van der Waals surface area contributed by atoms with Gasteiger partial charge in [0.1, 0.15) is 5.82 Å². The van der Waals surface area contributed by atoms with Crippen molar-refractivity contribution in [1.29, 1.82) is 0 Å². The van der Waals surface area contributed by atoms with Gasteiger partial charge in [-0.15, -0.1) is 5.10 Å². The molecule has 3 rings (SSSR count). The number of carbonyl (C=O) groups excluding carboxylic acids is 1. The molecule has 6 nitrogen and oxygen atoms in total. The molecule has 0 saturated carbocycles. The molecule has 25 heavy (non-hydrogen) atoms. The van der Waals surface area contributed by atoms with Gasteiger partial charge in [0.2, 0.25) is 5.82 Å². The number of halogens is 1. The Hall–Kier alpha value is -3.06. The van der Waals surface area contributed by atoms with E-state index in [1.807, 2.05) is 31.2 Å². The SMILES string of the molecule is Cc1cccc(-c2nc(C(=O)NCCO)nn2-c2ccc(F)cc2)c1. The van der Waals surface area contributed by atoms with E-state index in [2.05, 4.69) is 15.4 Å². The summed E-state index contributed by atoms with van der Waals surface area (Å²) in [5, 5.41) is 15.6. The fourth-order valence-corrected chi connectivity index (χ4v) is 2.39. The lowest BCUT2D eigenvalue weighted by Gasteiger charge is -2.06. The highest BCUT2D eigenvalue weighted by Crippen LogP contribution is 2.22. The van der Waals surface area contributed by atoms with E-state index in [0.717, 1.165) is 11.1 Å². The van der Waals surface area contributed by atoms with Gasteiger partial charge in [-0.25, -0.2) is 14.1 Å². The summed E-state index contributed by atoms with van der Waals surface area (Å²) in [5.41, 5.74) is 2.42. The first-order chi connectivity index (χ1) is 12.1. The van der Waals surface area contributed by atoms with Crippen molar-refractivity contribution in [2.45, 2.75) is 6.92 Å². The molecule has 1 amide bonds. The molecule has 2 N–H and O–H groups in total. The van der Waals surface area contributed by atoms with Crippen molar-refractivity contribution < 1.29 is 14.3 Å². The zero-order valence-corrected chi connectivity index (χ0v) is 13.6. The number of hydrogen-bond donors (Lipinski definition) is 2. The normalized spacial score (nSPS) is 10.7. The predicted molar refractivity (Wildman–Crippen MR) is 90.9 cm³/mol. The monoisotopic (exact) mass is 340 g/mol. The van der Waals surface area contributed by atoms with Crippen LogP contribution in [0.4, 0.5) is 4.39 Å². The van der Waals surface area contributed by atoms with Gasteiger partial charge in [0, 0.05) is 12.1 Å². The van der Waals surface area contributed by atoms with E-state index in [4.69, 9.17) is 5.11 Å². The number of aliphatic hydroxyl groups is 1. The van der Waals surface area contributed by atoms with Crippen LogP contribution in [0.3, 0.4) is 0 Å². The van der Waals surface area contributed by atoms with Crippen molar-refractivity contribution in [2.24, 2.45) is 0 Å². The summed E-state index contributed by atoms with van der Waals surface area (Å²) in [6, 6.07) is 13.4. The molecule has 0 aliphatic rings. The molecule has 128 valence electrons. The average Bonchev–Trinajstić information content (AvgIpc) is 3.06. The van der Waals surface area contributed by atoms with E-state index in [1.54, 1.807) is 12.1 Å². The zero-order chi connectivity index (χ0) is 17.8. The number of rotatable bonds is 5. The largest absolute Gasteiger partial charge is 0.395 e. The highest BCUT2D eigenvalue weighted by atomic mass is 19.1. The quantitative estimate of drug-likeness (QED) is 0.745. The molecule has 0 bridgehead atoms. The summed E-state index contributed by atoms with van der Waals surface area (Å²) in [6.07, 6.45) is 0. The summed E-state index contributed by atoms with van der Waals surface area (Å²) in [5.74, 6) is -0.385. The molecule has 0 aliphatic carbocycles. The van der Waals surface area contributed by atoms with Crippen LogP contribution < -0.4 is 5.32 Å². The molecule has 1 heterocycles. The van der Waals surface area contributed by atoms with Crippen molar-refractivity contribution >= 4 is 5.91 Å². The second kappa shape index (κ2) is 7.23. The number of amides is 1. The van der Waals surface area contributed by atoms with Crippen molar-refractivity contribution in [3.8, 4) is 17.1 Å². The van der Waals surface area contributed by atoms with Gasteiger partial charge in [-0.05, 0) is 37.3 Å². The summed E-state index contributed by atoms with van der Waals surface area (Å²) < 4.78 is 14.7. The maximum absolute atomic E-state index is 13.2. The number of hydrogen-bond acceptors (Lipinski definition) is 4. The third kappa shape index (κ3) is 3.72. The molecular formula is C18H17FN4O2. The van der Waals surface area contributed by atoms with E-state index in [9.17, 15) is 9.18 Å². The lowest BCUT2D eigenvalue weighted by atomic mass is 10.1. The lowest BCUT2D eigenvalue weighted by Crippen LogP contribution is -2.27. The molecular weight excluding hydrogens is 323 g/mol. The first kappa shape index (κ1) is 16.8. The van der Waals surface area contributed by atoms with Gasteiger partial charge in [0.15, 0.2) is 5.82 Å². The smallest absolute Gasteiger partial charge is 0.291 e. The minimum atomic E-state index is -0.483. The maximum Gasteiger partial charge on any atom is 0.291 e. The highest BCUT2D eigenvalue weighted by molar-refractivity contribution is 5.91. The minimum Gasteiger partial charge on any atom is -0.395 e. The van der Waals surface area contributed by atoms with Gasteiger partial charge in [-0.2, -0.15) is 0 Å². The minimum absolute atomic E-state index is 0.0192. The standard InChI is InChI=1S/C18H17FN4O2/c1-12-3-2-4-13(11-12)17-21-16(18(25)20-9-10-24)22-23(17)15-7-5-14(19)6-8-15/h2-8,11,24H,9-10H2,1H3,(H,20,25). The van der Waals surface area contributed by atoms with Crippen LogP contribution in [0.1, 0.15) is 16.2 Å². The van der Waals surface area contributed by atoms with Crippen LogP contribution in [0.15, 0.2) is 48.5 Å². The Morgan fingerprint density at radius 3 is 2.68 bits per heavy atom. The van der Waals surface area contributed by atoms with E-state index in [0.29, 0.717) is 11.5 Å². The van der Waals surface area contributed by atoms with Gasteiger partial charge in [0.25, 0.3) is 5.91 Å². The Morgan fingerprint density at radius 2 is 2.00 bits per heavy atom. The number of aryl methyl sites for hydroxylation is 1. The first-order valence-corrected chi connectivity index (χ1v) is 7.77. The summed E-state index contributed by atoms with van der Waals surface area (Å²) in [7, 11) is 0. The molecule has 1 aromatic heterocycles. The van der Waals surface area contributed by atoms with Crippen LogP contribution in [0, 0.1) is 12.7 Å². The molecule has 7 heteroatoms. The Bertz CT molecular complexity index is 890. The Kier molecular flexibility index (Phi) is 4.85. The van der Waals surface area contributed by atoms with Crippen LogP contribution in [-0.2, 0) is 0 Å². The fourth-order valence-electron chi connectivity index (χ4n) is 2.39. The lowest BCUT2D eigenvalue weighted by molar-refractivity contribution is 0.0934. The van der Waals surface area contributed by atoms with Gasteiger partial charge in [-0.3, -0.25) is 4.79 Å². The van der Waals surface area contributed by atoms with E-state index in [1.165, 1.54) is 16.8 Å². The van der Waals surface area contributed by atoms with E-state index >= 15 is 0 Å². The third-order valence-electron chi connectivity index (χ3n) is 3.56. The second-order valence-electron chi connectivity index (χ2n) is 5.50. The number of carbonyl (C=O) groups is 1. The molecule has 0 fully saturated rings. The molecule has 0 unspecified atom stereocenters. The van der Waals surface area contributed by atoms with Crippen LogP contribution in [-0.4, -0.2) is 38.9 Å². The fraction of sp³-hybridized carbons (Fsp3) is 0.167. The van der Waals surface area contributed by atoms with Crippen LogP contribution >= 0.6 is 0 Å². The van der Waals surface area contributed by atoms with E-state index in [-0.39, 0.29) is 24.8 Å². The van der Waals surface area contributed by atoms with Gasteiger partial charge in [0.05, 0.1) is 12.3 Å². The predicted octanol–water partition coefficient (Wildman–Crippen LogP) is 2.10. The number of benzene rings is 2. The molecule has 3 aromatic rings. The molecule has 0 saturated heterocycles. The van der Waals surface area contributed by atoms with E-state index < -0.39 is 5.91 Å². The maximum atomic E-state index is 13.2.